The second-order valence-electron chi connectivity index (χ2n) is 4.08. The number of halogens is 1. The molecule has 0 saturated carbocycles. The van der Waals surface area contributed by atoms with Crippen molar-refractivity contribution in [3.05, 3.63) is 28.2 Å². The summed E-state index contributed by atoms with van der Waals surface area (Å²) in [5.74, 6) is 0.460. The topological polar surface area (TPSA) is 74.2 Å². The number of amides is 1. The molecule has 5 nitrogen and oxygen atoms in total. The summed E-state index contributed by atoms with van der Waals surface area (Å²) >= 11 is 3.42. The van der Waals surface area contributed by atoms with Crippen LogP contribution in [0.2, 0.25) is 0 Å². The van der Waals surface area contributed by atoms with Gasteiger partial charge >= 0.3 is 0 Å². The number of hydrogen-bond acceptors (Lipinski definition) is 4. The Hall–Kier alpha value is -1.58. The minimum atomic E-state index is -0.224. The van der Waals surface area contributed by atoms with Crippen LogP contribution in [0.4, 0.5) is 0 Å². The largest absolute Gasteiger partial charge is 0.483 e. The number of benzene rings is 1. The van der Waals surface area contributed by atoms with Gasteiger partial charge in [0.05, 0.1) is 12.5 Å². The average molecular weight is 340 g/mol. The molecule has 0 aromatic heterocycles. The van der Waals surface area contributed by atoms with E-state index in [1.165, 1.54) is 0 Å². The molecule has 0 atom stereocenters. The van der Waals surface area contributed by atoms with E-state index < -0.39 is 0 Å². The van der Waals surface area contributed by atoms with Crippen LogP contribution in [0.3, 0.4) is 0 Å². The number of hydrogen-bond donors (Lipinski definition) is 2. The summed E-state index contributed by atoms with van der Waals surface area (Å²) in [6.45, 7) is 3.87. The number of carbonyl (C=O) groups excluding carboxylic acids is 1. The number of nitrogens with zero attached hydrogens (tertiary/aromatic N) is 1. The molecule has 20 heavy (non-hydrogen) atoms. The van der Waals surface area contributed by atoms with Gasteiger partial charge in [-0.1, -0.05) is 22.9 Å². The zero-order valence-electron chi connectivity index (χ0n) is 11.4. The van der Waals surface area contributed by atoms with E-state index in [0.717, 1.165) is 16.6 Å². The normalized spacial score (nSPS) is 9.85. The van der Waals surface area contributed by atoms with Crippen molar-refractivity contribution in [2.75, 3.05) is 19.7 Å². The molecule has 0 spiro atoms. The van der Waals surface area contributed by atoms with Crippen molar-refractivity contribution in [3.8, 4) is 11.8 Å². The summed E-state index contributed by atoms with van der Waals surface area (Å²) in [7, 11) is 0. The van der Waals surface area contributed by atoms with Crippen LogP contribution >= 0.6 is 15.9 Å². The van der Waals surface area contributed by atoms with Gasteiger partial charge in [-0.2, -0.15) is 5.26 Å². The Bertz CT molecular complexity index is 486. The Labute approximate surface area is 127 Å². The lowest BCUT2D eigenvalue weighted by molar-refractivity contribution is -0.123. The van der Waals surface area contributed by atoms with Crippen molar-refractivity contribution >= 4 is 21.8 Å². The van der Waals surface area contributed by atoms with Crippen molar-refractivity contribution in [1.82, 2.24) is 10.6 Å². The Kier molecular flexibility index (Phi) is 7.70. The molecular weight excluding hydrogens is 322 g/mol. The molecule has 0 unspecified atom stereocenters. The second-order valence-corrected chi connectivity index (χ2v) is 4.99. The van der Waals surface area contributed by atoms with E-state index in [0.29, 0.717) is 25.3 Å². The fourth-order valence-electron chi connectivity index (χ4n) is 1.54. The molecular formula is C14H18BrN3O2. The van der Waals surface area contributed by atoms with E-state index in [-0.39, 0.29) is 12.5 Å². The molecule has 1 aromatic carbocycles. The van der Waals surface area contributed by atoms with Gasteiger partial charge in [-0.25, -0.2) is 0 Å². The van der Waals surface area contributed by atoms with Gasteiger partial charge in [-0.05, 0) is 24.7 Å². The quantitative estimate of drug-likeness (QED) is 0.710. The van der Waals surface area contributed by atoms with Crippen LogP contribution in [0.15, 0.2) is 22.7 Å². The first-order chi connectivity index (χ1) is 9.67. The highest BCUT2D eigenvalue weighted by Gasteiger charge is 2.07. The highest BCUT2D eigenvalue weighted by Crippen LogP contribution is 2.23. The van der Waals surface area contributed by atoms with Crippen molar-refractivity contribution < 1.29 is 9.53 Å². The van der Waals surface area contributed by atoms with Gasteiger partial charge in [0.1, 0.15) is 5.75 Å². The maximum Gasteiger partial charge on any atom is 0.257 e. The number of rotatable bonds is 8. The molecule has 0 radical (unpaired) electrons. The third kappa shape index (κ3) is 6.04. The molecule has 0 aliphatic rings. The summed E-state index contributed by atoms with van der Waals surface area (Å²) in [5, 5.41) is 14.2. The maximum atomic E-state index is 11.5. The Balaban J connectivity index is 2.54. The first-order valence-electron chi connectivity index (χ1n) is 6.43. The van der Waals surface area contributed by atoms with Crippen molar-refractivity contribution in [2.45, 2.75) is 19.9 Å². The van der Waals surface area contributed by atoms with Gasteiger partial charge in [0, 0.05) is 23.1 Å². The summed E-state index contributed by atoms with van der Waals surface area (Å²) in [5.41, 5.74) is 0.992. The predicted molar refractivity (Wildman–Crippen MR) is 80.3 cm³/mol. The van der Waals surface area contributed by atoms with Gasteiger partial charge in [0.15, 0.2) is 6.61 Å². The standard InChI is InChI=1S/C14H18BrN3O2/c1-2-17-9-11-8-12(15)4-5-13(11)20-10-14(19)18-7-3-6-16/h4-5,8,17H,2-3,7,9-10H2,1H3,(H,18,19). The van der Waals surface area contributed by atoms with Gasteiger partial charge in [0.2, 0.25) is 0 Å². The molecule has 6 heteroatoms. The third-order valence-corrected chi connectivity index (χ3v) is 3.00. The molecule has 0 saturated heterocycles. The van der Waals surface area contributed by atoms with Crippen LogP contribution in [0.25, 0.3) is 0 Å². The van der Waals surface area contributed by atoms with E-state index in [2.05, 4.69) is 26.6 Å². The summed E-state index contributed by atoms with van der Waals surface area (Å²) < 4.78 is 6.49. The van der Waals surface area contributed by atoms with Crippen LogP contribution in [-0.4, -0.2) is 25.6 Å². The zero-order chi connectivity index (χ0) is 14.8. The van der Waals surface area contributed by atoms with Gasteiger partial charge < -0.3 is 15.4 Å². The number of carbonyl (C=O) groups is 1. The third-order valence-electron chi connectivity index (χ3n) is 2.51. The molecule has 1 amide bonds. The minimum absolute atomic E-state index is 0.0494. The molecule has 0 aliphatic heterocycles. The van der Waals surface area contributed by atoms with E-state index in [1.807, 2.05) is 31.2 Å². The van der Waals surface area contributed by atoms with Gasteiger partial charge in [-0.3, -0.25) is 4.79 Å². The smallest absolute Gasteiger partial charge is 0.257 e. The monoisotopic (exact) mass is 339 g/mol. The summed E-state index contributed by atoms with van der Waals surface area (Å²) in [4.78, 5) is 11.5. The number of nitriles is 1. The number of ether oxygens (including phenoxy) is 1. The lowest BCUT2D eigenvalue weighted by Gasteiger charge is -2.12. The fourth-order valence-corrected chi connectivity index (χ4v) is 1.95. The molecule has 2 N–H and O–H groups in total. The zero-order valence-corrected chi connectivity index (χ0v) is 13.0. The Morgan fingerprint density at radius 3 is 3.00 bits per heavy atom. The molecule has 1 rings (SSSR count). The van der Waals surface area contributed by atoms with Crippen molar-refractivity contribution in [1.29, 1.82) is 5.26 Å². The minimum Gasteiger partial charge on any atom is -0.483 e. The number of nitrogens with one attached hydrogen (secondary N) is 2. The Morgan fingerprint density at radius 2 is 2.30 bits per heavy atom. The highest BCUT2D eigenvalue weighted by atomic mass is 79.9. The van der Waals surface area contributed by atoms with E-state index >= 15 is 0 Å². The lowest BCUT2D eigenvalue weighted by atomic mass is 10.2. The fraction of sp³-hybridized carbons (Fsp3) is 0.429. The predicted octanol–water partition coefficient (Wildman–Crippen LogP) is 1.97. The van der Waals surface area contributed by atoms with Crippen LogP contribution < -0.4 is 15.4 Å². The van der Waals surface area contributed by atoms with Crippen LogP contribution in [0.1, 0.15) is 18.9 Å². The second kappa shape index (κ2) is 9.34. The molecule has 108 valence electrons. The summed E-state index contributed by atoms with van der Waals surface area (Å²) in [6.07, 6.45) is 0.301. The van der Waals surface area contributed by atoms with Crippen LogP contribution in [0.5, 0.6) is 5.75 Å². The van der Waals surface area contributed by atoms with Gasteiger partial charge in [-0.15, -0.1) is 0 Å². The maximum absolute atomic E-state index is 11.5. The highest BCUT2D eigenvalue weighted by molar-refractivity contribution is 9.10. The Morgan fingerprint density at radius 1 is 1.50 bits per heavy atom. The van der Waals surface area contributed by atoms with Gasteiger partial charge in [0.25, 0.3) is 5.91 Å². The average Bonchev–Trinajstić information content (AvgIpc) is 2.44. The first-order valence-corrected chi connectivity index (χ1v) is 7.22. The molecule has 1 aromatic rings. The van der Waals surface area contributed by atoms with Crippen molar-refractivity contribution in [3.63, 3.8) is 0 Å². The SMILES string of the molecule is CCNCc1cc(Br)ccc1OCC(=O)NCCC#N. The van der Waals surface area contributed by atoms with E-state index in [1.54, 1.807) is 0 Å². The molecule has 0 heterocycles. The summed E-state index contributed by atoms with van der Waals surface area (Å²) in [6, 6.07) is 7.64. The van der Waals surface area contributed by atoms with E-state index in [4.69, 9.17) is 10.00 Å². The van der Waals surface area contributed by atoms with Crippen molar-refractivity contribution in [2.24, 2.45) is 0 Å². The van der Waals surface area contributed by atoms with E-state index in [9.17, 15) is 4.79 Å². The lowest BCUT2D eigenvalue weighted by Crippen LogP contribution is -2.29. The van der Waals surface area contributed by atoms with Crippen LogP contribution in [0, 0.1) is 11.3 Å². The molecule has 0 bridgehead atoms. The van der Waals surface area contributed by atoms with Crippen LogP contribution in [-0.2, 0) is 11.3 Å². The molecule has 0 fully saturated rings. The first kappa shape index (κ1) is 16.5. The molecule has 0 aliphatic carbocycles.